The van der Waals surface area contributed by atoms with Crippen molar-refractivity contribution in [3.63, 3.8) is 0 Å². The highest BCUT2D eigenvalue weighted by atomic mass is 16.5. The molecule has 2 aromatic rings. The minimum Gasteiger partial charge on any atom is -0.493 e. The highest BCUT2D eigenvalue weighted by Crippen LogP contribution is 2.22. The molecule has 0 radical (unpaired) electrons. The number of carboxylic acids is 2. The number of aryl methyl sites for hydroxylation is 3. The monoisotopic (exact) mass is 334 g/mol. The van der Waals surface area contributed by atoms with E-state index in [1.807, 2.05) is 18.7 Å². The second-order valence-corrected chi connectivity index (χ2v) is 5.19. The second kappa shape index (κ2) is 10.0. The molecule has 1 aromatic carbocycles. The molecular formula is C17H22N2O5. The maximum atomic E-state index is 9.10. The molecule has 0 amide bonds. The normalized spacial score (nSPS) is 9.75. The van der Waals surface area contributed by atoms with Crippen LogP contribution in [0.3, 0.4) is 0 Å². The third kappa shape index (κ3) is 6.95. The summed E-state index contributed by atoms with van der Waals surface area (Å²) in [5, 5.41) is 14.8. The van der Waals surface area contributed by atoms with E-state index in [1.165, 1.54) is 11.1 Å². The van der Waals surface area contributed by atoms with Crippen LogP contribution in [0.5, 0.6) is 5.75 Å². The van der Waals surface area contributed by atoms with E-state index >= 15 is 0 Å². The lowest BCUT2D eigenvalue weighted by Gasteiger charge is -2.11. The molecule has 7 nitrogen and oxygen atoms in total. The van der Waals surface area contributed by atoms with Crippen LogP contribution in [0.15, 0.2) is 36.9 Å². The Morgan fingerprint density at radius 1 is 1.12 bits per heavy atom. The number of aliphatic carboxylic acids is 2. The summed E-state index contributed by atoms with van der Waals surface area (Å²) in [7, 11) is 0. The predicted octanol–water partition coefficient (Wildman–Crippen LogP) is 2.51. The number of hydrogen-bond donors (Lipinski definition) is 2. The summed E-state index contributed by atoms with van der Waals surface area (Å²) in [5.74, 6) is -2.61. The van der Waals surface area contributed by atoms with Crippen molar-refractivity contribution in [2.45, 2.75) is 33.2 Å². The maximum absolute atomic E-state index is 9.10. The van der Waals surface area contributed by atoms with Gasteiger partial charge in [0, 0.05) is 18.9 Å². The highest BCUT2D eigenvalue weighted by molar-refractivity contribution is 6.27. The van der Waals surface area contributed by atoms with Gasteiger partial charge in [0.15, 0.2) is 0 Å². The number of aromatic nitrogens is 2. The smallest absolute Gasteiger partial charge is 0.414 e. The third-order valence-corrected chi connectivity index (χ3v) is 3.21. The minimum absolute atomic E-state index is 0.778. The van der Waals surface area contributed by atoms with Gasteiger partial charge in [0.05, 0.1) is 12.9 Å². The first-order valence-electron chi connectivity index (χ1n) is 7.52. The summed E-state index contributed by atoms with van der Waals surface area (Å²) in [6, 6.07) is 6.25. The Labute approximate surface area is 140 Å². The fourth-order valence-electron chi connectivity index (χ4n) is 2.02. The maximum Gasteiger partial charge on any atom is 0.414 e. The van der Waals surface area contributed by atoms with Crippen LogP contribution in [0.4, 0.5) is 0 Å². The van der Waals surface area contributed by atoms with Crippen LogP contribution in [0.1, 0.15) is 24.0 Å². The predicted molar refractivity (Wildman–Crippen MR) is 88.1 cm³/mol. The van der Waals surface area contributed by atoms with Gasteiger partial charge < -0.3 is 19.5 Å². The first-order chi connectivity index (χ1) is 11.4. The molecule has 0 aliphatic carbocycles. The molecule has 2 rings (SSSR count). The fraction of sp³-hybridized carbons (Fsp3) is 0.353. The molecular weight excluding hydrogens is 312 g/mol. The van der Waals surface area contributed by atoms with Gasteiger partial charge in [-0.15, -0.1) is 0 Å². The molecule has 0 fully saturated rings. The number of benzene rings is 1. The molecule has 0 aliphatic rings. The molecule has 0 aliphatic heterocycles. The van der Waals surface area contributed by atoms with E-state index in [1.54, 1.807) is 0 Å². The van der Waals surface area contributed by atoms with E-state index in [2.05, 4.69) is 41.6 Å². The van der Waals surface area contributed by atoms with Gasteiger partial charge in [0.1, 0.15) is 5.75 Å². The number of ether oxygens (including phenoxy) is 1. The number of carbonyl (C=O) groups is 2. The van der Waals surface area contributed by atoms with Gasteiger partial charge in [0.25, 0.3) is 0 Å². The summed E-state index contributed by atoms with van der Waals surface area (Å²) in [6.45, 7) is 5.97. The van der Waals surface area contributed by atoms with Crippen molar-refractivity contribution >= 4 is 11.9 Å². The molecule has 0 saturated heterocycles. The topological polar surface area (TPSA) is 102 Å². The molecule has 7 heteroatoms. The van der Waals surface area contributed by atoms with Crippen molar-refractivity contribution in [1.29, 1.82) is 0 Å². The van der Waals surface area contributed by atoms with Gasteiger partial charge >= 0.3 is 11.9 Å². The van der Waals surface area contributed by atoms with E-state index < -0.39 is 11.9 Å². The van der Waals surface area contributed by atoms with E-state index in [4.69, 9.17) is 24.5 Å². The quantitative estimate of drug-likeness (QED) is 0.622. The molecule has 1 aromatic heterocycles. The highest BCUT2D eigenvalue weighted by Gasteiger charge is 2.04. The minimum atomic E-state index is -1.82. The summed E-state index contributed by atoms with van der Waals surface area (Å²) >= 11 is 0. The third-order valence-electron chi connectivity index (χ3n) is 3.21. The SMILES string of the molecule is Cc1cccc(C)c1OCCCCn1ccnc1.O=C(O)C(=O)O. The van der Waals surface area contributed by atoms with Crippen molar-refractivity contribution in [3.05, 3.63) is 48.0 Å². The average molecular weight is 334 g/mol. The first kappa shape index (κ1) is 19.2. The summed E-state index contributed by atoms with van der Waals surface area (Å²) < 4.78 is 7.96. The van der Waals surface area contributed by atoms with Gasteiger partial charge in [-0.1, -0.05) is 18.2 Å². The number of rotatable bonds is 6. The van der Waals surface area contributed by atoms with E-state index in [9.17, 15) is 0 Å². The first-order valence-corrected chi connectivity index (χ1v) is 7.52. The average Bonchev–Trinajstić information content (AvgIpc) is 3.03. The van der Waals surface area contributed by atoms with Gasteiger partial charge in [-0.3, -0.25) is 0 Å². The molecule has 0 saturated carbocycles. The van der Waals surface area contributed by atoms with Crippen molar-refractivity contribution in [1.82, 2.24) is 9.55 Å². The standard InChI is InChI=1S/C15H20N2O.C2H2O4/c1-13-6-5-7-14(2)15(13)18-11-4-3-9-17-10-8-16-12-17;3-1(4)2(5)6/h5-8,10,12H,3-4,9,11H2,1-2H3;(H,3,4)(H,5,6). The zero-order valence-corrected chi connectivity index (χ0v) is 13.8. The molecule has 24 heavy (non-hydrogen) atoms. The molecule has 130 valence electrons. The second-order valence-electron chi connectivity index (χ2n) is 5.19. The van der Waals surface area contributed by atoms with Gasteiger partial charge in [0.2, 0.25) is 0 Å². The Bertz CT molecular complexity index is 621. The molecule has 0 spiro atoms. The Morgan fingerprint density at radius 3 is 2.25 bits per heavy atom. The lowest BCUT2D eigenvalue weighted by Crippen LogP contribution is -2.09. The number of imidazole rings is 1. The van der Waals surface area contributed by atoms with Crippen LogP contribution < -0.4 is 4.74 Å². The van der Waals surface area contributed by atoms with Crippen LogP contribution in [-0.4, -0.2) is 38.3 Å². The van der Waals surface area contributed by atoms with Crippen LogP contribution >= 0.6 is 0 Å². The largest absolute Gasteiger partial charge is 0.493 e. The number of carboxylic acid groups (broad SMARTS) is 2. The van der Waals surface area contributed by atoms with Crippen LogP contribution in [-0.2, 0) is 16.1 Å². The number of para-hydroxylation sites is 1. The lowest BCUT2D eigenvalue weighted by molar-refractivity contribution is -0.159. The van der Waals surface area contributed by atoms with Crippen molar-refractivity contribution < 1.29 is 24.5 Å². The van der Waals surface area contributed by atoms with Gasteiger partial charge in [-0.05, 0) is 37.8 Å². The van der Waals surface area contributed by atoms with Crippen LogP contribution in [0, 0.1) is 13.8 Å². The van der Waals surface area contributed by atoms with Gasteiger partial charge in [-0.25, -0.2) is 14.6 Å². The summed E-state index contributed by atoms with van der Waals surface area (Å²) in [6.07, 6.45) is 7.83. The zero-order valence-electron chi connectivity index (χ0n) is 13.8. The van der Waals surface area contributed by atoms with Crippen molar-refractivity contribution in [3.8, 4) is 5.75 Å². The summed E-state index contributed by atoms with van der Waals surface area (Å²) in [4.78, 5) is 22.2. The zero-order chi connectivity index (χ0) is 17.9. The van der Waals surface area contributed by atoms with Gasteiger partial charge in [-0.2, -0.15) is 0 Å². The van der Waals surface area contributed by atoms with E-state index in [0.29, 0.717) is 0 Å². The van der Waals surface area contributed by atoms with Crippen LogP contribution in [0.2, 0.25) is 0 Å². The molecule has 0 bridgehead atoms. The Hall–Kier alpha value is -2.83. The molecule has 2 N–H and O–H groups in total. The number of nitrogens with zero attached hydrogens (tertiary/aromatic N) is 2. The van der Waals surface area contributed by atoms with Crippen molar-refractivity contribution in [2.75, 3.05) is 6.61 Å². The number of unbranched alkanes of at least 4 members (excludes halogenated alkanes) is 1. The lowest BCUT2D eigenvalue weighted by atomic mass is 10.1. The molecule has 0 unspecified atom stereocenters. The van der Waals surface area contributed by atoms with E-state index in [0.717, 1.165) is 31.7 Å². The van der Waals surface area contributed by atoms with Crippen molar-refractivity contribution in [2.24, 2.45) is 0 Å². The summed E-state index contributed by atoms with van der Waals surface area (Å²) in [5.41, 5.74) is 2.43. The Morgan fingerprint density at radius 2 is 1.75 bits per heavy atom. The Balaban J connectivity index is 0.000000413. The van der Waals surface area contributed by atoms with E-state index in [-0.39, 0.29) is 0 Å². The Kier molecular flexibility index (Phi) is 8.04. The number of hydrogen-bond acceptors (Lipinski definition) is 4. The fourth-order valence-corrected chi connectivity index (χ4v) is 2.02. The van der Waals surface area contributed by atoms with Crippen LogP contribution in [0.25, 0.3) is 0 Å². The molecule has 0 atom stereocenters. The molecule has 1 heterocycles.